The zero-order valence-electron chi connectivity index (χ0n) is 16.8. The second-order valence-corrected chi connectivity index (χ2v) is 7.13. The molecule has 4 rings (SSSR count). The first-order valence-electron chi connectivity index (χ1n) is 9.56. The Hall–Kier alpha value is -3.94. The normalized spacial score (nSPS) is 13.8. The molecule has 1 aromatic heterocycles. The number of rotatable bonds is 6. The van der Waals surface area contributed by atoms with Crippen LogP contribution < -0.4 is 10.1 Å². The van der Waals surface area contributed by atoms with Gasteiger partial charge in [0.1, 0.15) is 5.76 Å². The standard InChI is InChI=1S/C23H19FN2O5/c1-13(14-6-8-20(30-2)19(24)11-14)25-21(27)15-5-7-17-18(10-15)23(29)26(22(17)28)12-16-4-3-9-31-16/h3-11,13H,12H2,1-2H3,(H,25,27). The number of ether oxygens (including phenoxy) is 1. The Morgan fingerprint density at radius 1 is 1.13 bits per heavy atom. The van der Waals surface area contributed by atoms with Gasteiger partial charge in [0, 0.05) is 5.56 Å². The Morgan fingerprint density at radius 2 is 1.90 bits per heavy atom. The van der Waals surface area contributed by atoms with Gasteiger partial charge in [-0.25, -0.2) is 4.39 Å². The smallest absolute Gasteiger partial charge is 0.261 e. The molecule has 1 aliphatic heterocycles. The van der Waals surface area contributed by atoms with E-state index in [-0.39, 0.29) is 29.0 Å². The van der Waals surface area contributed by atoms with Crippen LogP contribution in [0.3, 0.4) is 0 Å². The van der Waals surface area contributed by atoms with Crippen molar-refractivity contribution in [3.63, 3.8) is 0 Å². The van der Waals surface area contributed by atoms with Crippen molar-refractivity contribution in [2.24, 2.45) is 0 Å². The van der Waals surface area contributed by atoms with Crippen LogP contribution >= 0.6 is 0 Å². The SMILES string of the molecule is COc1ccc(C(C)NC(=O)c2ccc3c(c2)C(=O)N(Cc2ccco2)C3=O)cc1F. The van der Waals surface area contributed by atoms with Crippen LogP contribution in [-0.2, 0) is 6.54 Å². The lowest BCUT2D eigenvalue weighted by Gasteiger charge is -2.15. The molecule has 0 radical (unpaired) electrons. The van der Waals surface area contributed by atoms with Crippen LogP contribution in [0.15, 0.2) is 59.2 Å². The largest absolute Gasteiger partial charge is 0.494 e. The number of amides is 3. The summed E-state index contributed by atoms with van der Waals surface area (Å²) >= 11 is 0. The molecule has 0 bridgehead atoms. The Kier molecular flexibility index (Phi) is 5.29. The first-order valence-corrected chi connectivity index (χ1v) is 9.56. The van der Waals surface area contributed by atoms with Gasteiger partial charge >= 0.3 is 0 Å². The summed E-state index contributed by atoms with van der Waals surface area (Å²) < 4.78 is 24.1. The van der Waals surface area contributed by atoms with Gasteiger partial charge in [0.15, 0.2) is 11.6 Å². The Bertz CT molecular complexity index is 1170. The van der Waals surface area contributed by atoms with Crippen LogP contribution in [0.1, 0.15) is 55.4 Å². The monoisotopic (exact) mass is 422 g/mol. The summed E-state index contributed by atoms with van der Waals surface area (Å²) in [6, 6.07) is 11.6. The Balaban J connectivity index is 1.51. The van der Waals surface area contributed by atoms with Crippen LogP contribution in [0.2, 0.25) is 0 Å². The number of nitrogens with one attached hydrogen (secondary N) is 1. The minimum absolute atomic E-state index is 0.0148. The van der Waals surface area contributed by atoms with Gasteiger partial charge in [0.2, 0.25) is 0 Å². The second-order valence-electron chi connectivity index (χ2n) is 7.13. The fourth-order valence-corrected chi connectivity index (χ4v) is 3.45. The molecule has 3 aromatic rings. The number of methoxy groups -OCH3 is 1. The van der Waals surface area contributed by atoms with Gasteiger partial charge in [-0.15, -0.1) is 0 Å². The molecule has 1 aliphatic rings. The number of imide groups is 1. The minimum atomic E-state index is -0.528. The quantitative estimate of drug-likeness (QED) is 0.612. The van der Waals surface area contributed by atoms with E-state index in [0.717, 1.165) is 4.90 Å². The average molecular weight is 422 g/mol. The molecule has 0 saturated carbocycles. The van der Waals surface area contributed by atoms with Gasteiger partial charge in [-0.1, -0.05) is 6.07 Å². The molecule has 158 valence electrons. The molecule has 7 nitrogen and oxygen atoms in total. The lowest BCUT2D eigenvalue weighted by molar-refractivity contribution is 0.0631. The van der Waals surface area contributed by atoms with Crippen molar-refractivity contribution < 1.29 is 27.9 Å². The number of halogens is 1. The fraction of sp³-hybridized carbons (Fsp3) is 0.174. The van der Waals surface area contributed by atoms with Gasteiger partial charge in [0.25, 0.3) is 17.7 Å². The van der Waals surface area contributed by atoms with Crippen molar-refractivity contribution in [2.45, 2.75) is 19.5 Å². The molecule has 0 saturated heterocycles. The maximum atomic E-state index is 14.0. The van der Waals surface area contributed by atoms with Gasteiger partial charge < -0.3 is 14.5 Å². The van der Waals surface area contributed by atoms with Crippen molar-refractivity contribution >= 4 is 17.7 Å². The van der Waals surface area contributed by atoms with Crippen molar-refractivity contribution in [3.8, 4) is 5.75 Å². The molecule has 0 spiro atoms. The van der Waals surface area contributed by atoms with E-state index in [4.69, 9.17) is 9.15 Å². The number of nitrogens with zero attached hydrogens (tertiary/aromatic N) is 1. The highest BCUT2D eigenvalue weighted by atomic mass is 19.1. The maximum absolute atomic E-state index is 14.0. The lowest BCUT2D eigenvalue weighted by atomic mass is 10.0. The number of benzene rings is 2. The average Bonchev–Trinajstić information content (AvgIpc) is 3.36. The van der Waals surface area contributed by atoms with E-state index in [1.165, 1.54) is 43.7 Å². The molecule has 8 heteroatoms. The van der Waals surface area contributed by atoms with Crippen LogP contribution in [0, 0.1) is 5.82 Å². The van der Waals surface area contributed by atoms with Crippen LogP contribution in [0.4, 0.5) is 4.39 Å². The summed E-state index contributed by atoms with van der Waals surface area (Å²) in [5.41, 5.74) is 1.18. The summed E-state index contributed by atoms with van der Waals surface area (Å²) in [6.07, 6.45) is 1.46. The molecule has 0 aliphatic carbocycles. The number of carbonyl (C=O) groups is 3. The highest BCUT2D eigenvalue weighted by Gasteiger charge is 2.36. The summed E-state index contributed by atoms with van der Waals surface area (Å²) in [7, 11) is 1.37. The van der Waals surface area contributed by atoms with Gasteiger partial charge in [-0.2, -0.15) is 0 Å². The van der Waals surface area contributed by atoms with Crippen LogP contribution in [-0.4, -0.2) is 29.7 Å². The molecule has 1 unspecified atom stereocenters. The van der Waals surface area contributed by atoms with E-state index >= 15 is 0 Å². The molecule has 0 fully saturated rings. The van der Waals surface area contributed by atoms with E-state index in [2.05, 4.69) is 5.32 Å². The zero-order valence-corrected chi connectivity index (χ0v) is 16.8. The summed E-state index contributed by atoms with van der Waals surface area (Å²) in [5, 5.41) is 2.77. The van der Waals surface area contributed by atoms with E-state index < -0.39 is 29.6 Å². The highest BCUT2D eigenvalue weighted by molar-refractivity contribution is 6.22. The molecular formula is C23H19FN2O5. The number of hydrogen-bond acceptors (Lipinski definition) is 5. The van der Waals surface area contributed by atoms with Gasteiger partial charge in [-0.3, -0.25) is 19.3 Å². The first-order chi connectivity index (χ1) is 14.9. The lowest BCUT2D eigenvalue weighted by Crippen LogP contribution is -2.29. The number of hydrogen-bond donors (Lipinski definition) is 1. The second kappa shape index (κ2) is 8.06. The molecule has 1 N–H and O–H groups in total. The predicted octanol–water partition coefficient (Wildman–Crippen LogP) is 3.71. The van der Waals surface area contributed by atoms with Crippen LogP contribution in [0.25, 0.3) is 0 Å². The number of fused-ring (bicyclic) bond motifs is 1. The van der Waals surface area contributed by atoms with E-state index in [1.807, 2.05) is 0 Å². The molecule has 2 aromatic carbocycles. The molecular weight excluding hydrogens is 403 g/mol. The van der Waals surface area contributed by atoms with E-state index in [0.29, 0.717) is 11.3 Å². The fourth-order valence-electron chi connectivity index (χ4n) is 3.45. The topological polar surface area (TPSA) is 88.8 Å². The molecule has 2 heterocycles. The molecule has 3 amide bonds. The minimum Gasteiger partial charge on any atom is -0.494 e. The van der Waals surface area contributed by atoms with Gasteiger partial charge in [-0.05, 0) is 55.0 Å². The van der Waals surface area contributed by atoms with Crippen molar-refractivity contribution in [3.05, 3.63) is 88.6 Å². The third-order valence-corrected chi connectivity index (χ3v) is 5.15. The summed E-state index contributed by atoms with van der Waals surface area (Å²) in [6.45, 7) is 1.73. The maximum Gasteiger partial charge on any atom is 0.261 e. The highest BCUT2D eigenvalue weighted by Crippen LogP contribution is 2.26. The third-order valence-electron chi connectivity index (χ3n) is 5.15. The van der Waals surface area contributed by atoms with Crippen molar-refractivity contribution in [2.75, 3.05) is 7.11 Å². The van der Waals surface area contributed by atoms with Crippen molar-refractivity contribution in [1.82, 2.24) is 10.2 Å². The van der Waals surface area contributed by atoms with Crippen LogP contribution in [0.5, 0.6) is 5.75 Å². The Morgan fingerprint density at radius 3 is 2.58 bits per heavy atom. The third kappa shape index (κ3) is 3.79. The predicted molar refractivity (Wildman–Crippen MR) is 108 cm³/mol. The van der Waals surface area contributed by atoms with Gasteiger partial charge in [0.05, 0.1) is 37.1 Å². The zero-order chi connectivity index (χ0) is 22.1. The Labute approximate surface area is 177 Å². The summed E-state index contributed by atoms with van der Waals surface area (Å²) in [5.74, 6) is -1.31. The van der Waals surface area contributed by atoms with E-state index in [1.54, 1.807) is 25.1 Å². The summed E-state index contributed by atoms with van der Waals surface area (Å²) in [4.78, 5) is 39.1. The van der Waals surface area contributed by atoms with E-state index in [9.17, 15) is 18.8 Å². The number of furan rings is 1. The first kappa shape index (κ1) is 20.3. The molecule has 1 atom stereocenters. The molecule has 31 heavy (non-hydrogen) atoms. The van der Waals surface area contributed by atoms with Crippen molar-refractivity contribution in [1.29, 1.82) is 0 Å². The number of carbonyl (C=O) groups excluding carboxylic acids is 3.